The van der Waals surface area contributed by atoms with Crippen molar-refractivity contribution in [2.24, 2.45) is 0 Å². The van der Waals surface area contributed by atoms with Crippen molar-refractivity contribution in [3.05, 3.63) is 48.2 Å². The summed E-state index contributed by atoms with van der Waals surface area (Å²) in [5.74, 6) is 1.08. The van der Waals surface area contributed by atoms with Gasteiger partial charge in [0.2, 0.25) is 5.95 Å². The molecule has 0 bridgehead atoms. The summed E-state index contributed by atoms with van der Waals surface area (Å²) in [5.41, 5.74) is 5.89. The highest BCUT2D eigenvalue weighted by atomic mass is 16.5. The summed E-state index contributed by atoms with van der Waals surface area (Å²) in [4.78, 5) is 13.2. The van der Waals surface area contributed by atoms with E-state index >= 15 is 0 Å². The molecule has 4 rings (SSSR count). The topological polar surface area (TPSA) is 87.7 Å². The average Bonchev–Trinajstić information content (AvgIpc) is 2.70. The number of benzene rings is 1. The van der Waals surface area contributed by atoms with Crippen LogP contribution in [0.1, 0.15) is 12.0 Å². The van der Waals surface area contributed by atoms with Gasteiger partial charge in [0.25, 0.3) is 0 Å². The van der Waals surface area contributed by atoms with Gasteiger partial charge in [-0.1, -0.05) is 30.3 Å². The molecule has 2 aliphatic heterocycles. The van der Waals surface area contributed by atoms with Crippen LogP contribution in [0, 0.1) is 0 Å². The van der Waals surface area contributed by atoms with E-state index in [1.54, 1.807) is 12.3 Å². The van der Waals surface area contributed by atoms with E-state index in [1.165, 1.54) is 0 Å². The Hall–Kier alpha value is -2.22. The van der Waals surface area contributed by atoms with Crippen molar-refractivity contribution in [2.45, 2.75) is 18.1 Å². The molecular weight excluding hydrogens is 330 g/mol. The van der Waals surface area contributed by atoms with Gasteiger partial charge in [0.1, 0.15) is 11.4 Å². The lowest BCUT2D eigenvalue weighted by molar-refractivity contribution is -0.0912. The number of aromatic nitrogens is 2. The van der Waals surface area contributed by atoms with Crippen LogP contribution in [-0.4, -0.2) is 65.4 Å². The maximum Gasteiger partial charge on any atom is 0.227 e. The number of ether oxygens (including phenoxy) is 1. The first-order valence-corrected chi connectivity index (χ1v) is 9.10. The Morgan fingerprint density at radius 3 is 2.62 bits per heavy atom. The number of anilines is 2. The van der Waals surface area contributed by atoms with Crippen LogP contribution in [0.4, 0.5) is 11.8 Å². The molecule has 0 unspecified atom stereocenters. The standard InChI is InChI=1S/C19H25N5O2/c20-17-6-8-21-18(22-17)24-9-7-19(25,15-4-2-1-3-5-15)16(14-24)23-10-12-26-13-11-23/h1-6,8,16,25H,7,9-14H2,(H2,20,21,22)/t16-,19+/m1/s1. The van der Waals surface area contributed by atoms with E-state index in [9.17, 15) is 5.11 Å². The summed E-state index contributed by atoms with van der Waals surface area (Å²) in [5, 5.41) is 11.7. The Kier molecular flexibility index (Phi) is 4.76. The summed E-state index contributed by atoms with van der Waals surface area (Å²) >= 11 is 0. The maximum absolute atomic E-state index is 11.7. The first-order valence-electron chi connectivity index (χ1n) is 9.10. The number of hydrogen-bond donors (Lipinski definition) is 2. The van der Waals surface area contributed by atoms with Crippen LogP contribution in [0.2, 0.25) is 0 Å². The minimum absolute atomic E-state index is 0.0624. The van der Waals surface area contributed by atoms with E-state index in [-0.39, 0.29) is 6.04 Å². The lowest BCUT2D eigenvalue weighted by Gasteiger charge is -2.50. The molecule has 2 atom stereocenters. The zero-order valence-corrected chi connectivity index (χ0v) is 14.8. The molecule has 2 aromatic rings. The molecule has 1 aromatic carbocycles. The number of nitrogen functional groups attached to an aromatic ring is 1. The van der Waals surface area contributed by atoms with Crippen molar-refractivity contribution in [3.63, 3.8) is 0 Å². The minimum atomic E-state index is -0.907. The Morgan fingerprint density at radius 1 is 1.12 bits per heavy atom. The molecule has 7 heteroatoms. The van der Waals surface area contributed by atoms with Crippen molar-refractivity contribution < 1.29 is 9.84 Å². The van der Waals surface area contributed by atoms with E-state index in [2.05, 4.69) is 19.8 Å². The molecule has 0 saturated carbocycles. The summed E-state index contributed by atoms with van der Waals surface area (Å²) in [6.45, 7) is 4.33. The molecule has 2 saturated heterocycles. The zero-order valence-electron chi connectivity index (χ0n) is 14.8. The van der Waals surface area contributed by atoms with E-state index in [4.69, 9.17) is 10.5 Å². The Balaban J connectivity index is 1.65. The highest BCUT2D eigenvalue weighted by Gasteiger charge is 2.46. The average molecular weight is 355 g/mol. The molecule has 0 aliphatic carbocycles. The van der Waals surface area contributed by atoms with Crippen molar-refractivity contribution in [1.82, 2.24) is 14.9 Å². The summed E-state index contributed by atoms with van der Waals surface area (Å²) in [7, 11) is 0. The van der Waals surface area contributed by atoms with Crippen LogP contribution >= 0.6 is 0 Å². The lowest BCUT2D eigenvalue weighted by Crippen LogP contribution is -2.62. The van der Waals surface area contributed by atoms with Crippen molar-refractivity contribution in [3.8, 4) is 0 Å². The second-order valence-electron chi connectivity index (χ2n) is 6.93. The van der Waals surface area contributed by atoms with E-state index < -0.39 is 5.60 Å². The molecule has 2 aliphatic rings. The van der Waals surface area contributed by atoms with E-state index in [0.29, 0.717) is 44.5 Å². The van der Waals surface area contributed by atoms with Crippen LogP contribution in [0.3, 0.4) is 0 Å². The number of aliphatic hydroxyl groups is 1. The fourth-order valence-electron chi connectivity index (χ4n) is 3.99. The first kappa shape index (κ1) is 17.2. The molecular formula is C19H25N5O2. The normalized spacial score (nSPS) is 27.4. The van der Waals surface area contributed by atoms with Gasteiger partial charge in [-0.3, -0.25) is 4.90 Å². The van der Waals surface area contributed by atoms with Crippen LogP contribution < -0.4 is 10.6 Å². The van der Waals surface area contributed by atoms with Gasteiger partial charge in [-0.15, -0.1) is 0 Å². The van der Waals surface area contributed by atoms with Gasteiger partial charge >= 0.3 is 0 Å². The third-order valence-corrected chi connectivity index (χ3v) is 5.41. The second kappa shape index (κ2) is 7.19. The SMILES string of the molecule is Nc1ccnc(N2CC[C@](O)(c3ccccc3)[C@H](N3CCOCC3)C2)n1. The fourth-order valence-corrected chi connectivity index (χ4v) is 3.99. The number of nitrogens with zero attached hydrogens (tertiary/aromatic N) is 4. The number of morpholine rings is 1. The van der Waals surface area contributed by atoms with Gasteiger partial charge in [0.05, 0.1) is 19.3 Å². The molecule has 0 amide bonds. The van der Waals surface area contributed by atoms with Crippen LogP contribution in [0.25, 0.3) is 0 Å². The largest absolute Gasteiger partial charge is 0.384 e. The van der Waals surface area contributed by atoms with Gasteiger partial charge in [-0.25, -0.2) is 4.98 Å². The van der Waals surface area contributed by atoms with E-state index in [1.807, 2.05) is 30.3 Å². The van der Waals surface area contributed by atoms with Crippen molar-refractivity contribution in [2.75, 3.05) is 50.0 Å². The molecule has 138 valence electrons. The molecule has 7 nitrogen and oxygen atoms in total. The van der Waals surface area contributed by atoms with Crippen LogP contribution in [0.5, 0.6) is 0 Å². The van der Waals surface area contributed by atoms with Gasteiger partial charge in [0, 0.05) is 32.4 Å². The van der Waals surface area contributed by atoms with Gasteiger partial charge in [-0.05, 0) is 18.1 Å². The van der Waals surface area contributed by atoms with Crippen LogP contribution in [0.15, 0.2) is 42.6 Å². The predicted octanol–water partition coefficient (Wildman–Crippen LogP) is 0.857. The van der Waals surface area contributed by atoms with Crippen LogP contribution in [-0.2, 0) is 10.3 Å². The van der Waals surface area contributed by atoms with Gasteiger partial charge < -0.3 is 20.5 Å². The quantitative estimate of drug-likeness (QED) is 0.844. The molecule has 0 radical (unpaired) electrons. The monoisotopic (exact) mass is 355 g/mol. The molecule has 3 heterocycles. The third-order valence-electron chi connectivity index (χ3n) is 5.41. The number of hydrogen-bond acceptors (Lipinski definition) is 7. The molecule has 0 spiro atoms. The van der Waals surface area contributed by atoms with Crippen molar-refractivity contribution in [1.29, 1.82) is 0 Å². The second-order valence-corrected chi connectivity index (χ2v) is 6.93. The Bertz CT molecular complexity index is 738. The van der Waals surface area contributed by atoms with Crippen molar-refractivity contribution >= 4 is 11.8 Å². The number of nitrogens with two attached hydrogens (primary N) is 1. The number of piperidine rings is 1. The first-order chi connectivity index (χ1) is 12.7. The number of rotatable bonds is 3. The van der Waals surface area contributed by atoms with Gasteiger partial charge in [0.15, 0.2) is 0 Å². The highest BCUT2D eigenvalue weighted by molar-refractivity contribution is 5.40. The Morgan fingerprint density at radius 2 is 1.88 bits per heavy atom. The van der Waals surface area contributed by atoms with E-state index in [0.717, 1.165) is 18.7 Å². The molecule has 26 heavy (non-hydrogen) atoms. The molecule has 1 aromatic heterocycles. The third kappa shape index (κ3) is 3.25. The predicted molar refractivity (Wildman–Crippen MR) is 99.8 cm³/mol. The molecule has 2 fully saturated rings. The fraction of sp³-hybridized carbons (Fsp3) is 0.474. The Labute approximate surface area is 153 Å². The summed E-state index contributed by atoms with van der Waals surface area (Å²) in [6, 6.07) is 11.6. The highest BCUT2D eigenvalue weighted by Crippen LogP contribution is 2.37. The smallest absolute Gasteiger partial charge is 0.227 e. The molecule has 3 N–H and O–H groups in total. The van der Waals surface area contributed by atoms with Gasteiger partial charge in [-0.2, -0.15) is 4.98 Å². The lowest BCUT2D eigenvalue weighted by atomic mass is 9.79. The minimum Gasteiger partial charge on any atom is -0.384 e. The zero-order chi connectivity index (χ0) is 18.0. The maximum atomic E-state index is 11.7. The summed E-state index contributed by atoms with van der Waals surface area (Å²) in [6.07, 6.45) is 2.29. The summed E-state index contributed by atoms with van der Waals surface area (Å²) < 4.78 is 5.51.